The van der Waals surface area contributed by atoms with Gasteiger partial charge >= 0.3 is 17.9 Å². The minimum atomic E-state index is -0.591. The highest BCUT2D eigenvalue weighted by Gasteiger charge is 2.48. The Balaban J connectivity index is 0.000000317. The summed E-state index contributed by atoms with van der Waals surface area (Å²) in [5.41, 5.74) is 12.4. The first-order valence-electron chi connectivity index (χ1n) is 37.3. The summed E-state index contributed by atoms with van der Waals surface area (Å²) in [7, 11) is 0. The quantitative estimate of drug-likeness (QED) is 0.0362. The van der Waals surface area contributed by atoms with Gasteiger partial charge in [0.05, 0.1) is 38.4 Å². The SMILES string of the molecule is CCCC(c1cc(C(C)(C)C)c(O)cc1C)c1cc(C(C)(C)C)c(O)cc1C.CCOC(=O)CCc1cc(C(C)(C)C)c(O)c(C(C)(C)C)c1.Cc1cc(CCC(=O)OCC(C)(C)C2OCC3(CO2)COC(C(C)(C)COC(=O)CCc2cc(C)c(O)c(C(C)(C)C)c2)OC3)cc(C(C)(C)C)c1O. The molecule has 7 rings (SSSR count). The van der Waals surface area contributed by atoms with Crippen LogP contribution in [0.2, 0.25) is 0 Å². The first kappa shape index (κ1) is 87.0. The van der Waals surface area contributed by atoms with Crippen LogP contribution in [0, 0.1) is 43.9 Å². The first-order valence-corrected chi connectivity index (χ1v) is 37.3. The highest BCUT2D eigenvalue weighted by atomic mass is 16.7. The fourth-order valence-electron chi connectivity index (χ4n) is 13.3. The molecule has 0 bridgehead atoms. The molecule has 15 heteroatoms. The van der Waals surface area contributed by atoms with Crippen LogP contribution in [0.3, 0.4) is 0 Å². The van der Waals surface area contributed by atoms with Gasteiger partial charge in [-0.25, -0.2) is 0 Å². The van der Waals surface area contributed by atoms with E-state index in [1.165, 1.54) is 11.1 Å². The Morgan fingerprint density at radius 2 is 0.680 bits per heavy atom. The molecule has 0 aliphatic carbocycles. The van der Waals surface area contributed by atoms with Crippen molar-refractivity contribution in [3.8, 4) is 28.7 Å². The zero-order valence-corrected chi connectivity index (χ0v) is 68.4. The lowest BCUT2D eigenvalue weighted by molar-refractivity contribution is -0.337. The summed E-state index contributed by atoms with van der Waals surface area (Å²) >= 11 is 0. The smallest absolute Gasteiger partial charge is 0.306 e. The predicted molar refractivity (Wildman–Crippen MR) is 413 cm³/mol. The van der Waals surface area contributed by atoms with E-state index in [2.05, 4.69) is 158 Å². The van der Waals surface area contributed by atoms with Gasteiger partial charge in [0, 0.05) is 36.0 Å². The number of carbonyl (C=O) groups is 3. The van der Waals surface area contributed by atoms with E-state index in [0.717, 1.165) is 85.2 Å². The molecular weight excluding hydrogens is 1300 g/mol. The molecule has 0 radical (unpaired) electrons. The second kappa shape index (κ2) is 34.3. The van der Waals surface area contributed by atoms with Crippen molar-refractivity contribution in [3.63, 3.8) is 0 Å². The van der Waals surface area contributed by atoms with Gasteiger partial charge in [-0.2, -0.15) is 0 Å². The van der Waals surface area contributed by atoms with Crippen LogP contribution in [0.25, 0.3) is 0 Å². The lowest BCUT2D eigenvalue weighted by Gasteiger charge is -2.48. The van der Waals surface area contributed by atoms with Gasteiger partial charge in [-0.3, -0.25) is 14.4 Å². The van der Waals surface area contributed by atoms with E-state index in [-0.39, 0.29) is 82.4 Å². The fraction of sp³-hybridized carbons (Fsp3) is 0.625. The Morgan fingerprint density at radius 3 is 0.961 bits per heavy atom. The largest absolute Gasteiger partial charge is 0.508 e. The van der Waals surface area contributed by atoms with Crippen molar-refractivity contribution in [1.82, 2.24) is 0 Å². The number of hydrogen-bond donors (Lipinski definition) is 5. The van der Waals surface area contributed by atoms with E-state index in [9.17, 15) is 39.9 Å². The number of esters is 3. The normalized spacial score (nSPS) is 17.1. The average molecular weight is 1430 g/mol. The van der Waals surface area contributed by atoms with Crippen molar-refractivity contribution >= 4 is 17.9 Å². The molecule has 5 aromatic carbocycles. The first-order chi connectivity index (χ1) is 47.2. The molecule has 0 unspecified atom stereocenters. The maximum absolute atomic E-state index is 12.7. The third kappa shape index (κ3) is 23.9. The van der Waals surface area contributed by atoms with Crippen LogP contribution >= 0.6 is 0 Å². The van der Waals surface area contributed by atoms with Crippen LogP contribution in [-0.2, 0) is 99.3 Å². The minimum Gasteiger partial charge on any atom is -0.508 e. The third-order valence-corrected chi connectivity index (χ3v) is 19.6. The van der Waals surface area contributed by atoms with Crippen LogP contribution in [0.1, 0.15) is 288 Å². The van der Waals surface area contributed by atoms with Crippen LogP contribution in [0.15, 0.2) is 60.7 Å². The summed E-state index contributed by atoms with van der Waals surface area (Å²) < 4.78 is 41.1. The Morgan fingerprint density at radius 1 is 0.398 bits per heavy atom. The molecule has 103 heavy (non-hydrogen) atoms. The lowest BCUT2D eigenvalue weighted by atomic mass is 9.76. The fourth-order valence-corrected chi connectivity index (χ4v) is 13.3. The molecule has 5 N–H and O–H groups in total. The van der Waals surface area contributed by atoms with E-state index >= 15 is 0 Å². The second-order valence-corrected chi connectivity index (χ2v) is 37.0. The van der Waals surface area contributed by atoms with Crippen molar-refractivity contribution in [3.05, 3.63) is 144 Å². The zero-order chi connectivity index (χ0) is 78.1. The van der Waals surface area contributed by atoms with Gasteiger partial charge in [0.2, 0.25) is 0 Å². The van der Waals surface area contributed by atoms with Crippen molar-refractivity contribution < 1.29 is 73.1 Å². The summed E-state index contributed by atoms with van der Waals surface area (Å²) in [5, 5.41) is 52.8. The molecule has 2 heterocycles. The zero-order valence-electron chi connectivity index (χ0n) is 68.4. The van der Waals surface area contributed by atoms with Gasteiger partial charge in [0.15, 0.2) is 12.6 Å². The Bertz CT molecular complexity index is 3470. The number of phenols is 5. The van der Waals surface area contributed by atoms with Crippen LogP contribution in [0.5, 0.6) is 28.7 Å². The number of rotatable bonds is 20. The molecule has 2 fully saturated rings. The summed E-state index contributed by atoms with van der Waals surface area (Å²) in [6.07, 6.45) is 3.43. The van der Waals surface area contributed by atoms with Gasteiger partial charge < -0.3 is 58.7 Å². The maximum Gasteiger partial charge on any atom is 0.306 e. The molecule has 2 aliphatic rings. The highest BCUT2D eigenvalue weighted by molar-refractivity contribution is 5.71. The Labute approximate surface area is 619 Å². The Kier molecular flexibility index (Phi) is 29.0. The number of ether oxygens (including phenoxy) is 7. The predicted octanol–water partition coefficient (Wildman–Crippen LogP) is 19.5. The van der Waals surface area contributed by atoms with E-state index in [1.807, 2.05) is 97.0 Å². The number of aromatic hydroxyl groups is 5. The summed E-state index contributed by atoms with van der Waals surface area (Å²) in [4.78, 5) is 37.1. The number of phenolic OH excluding ortho intramolecular Hbond substituents is 5. The second-order valence-electron chi connectivity index (χ2n) is 37.0. The number of aryl methyl sites for hydroxylation is 7. The van der Waals surface area contributed by atoms with E-state index in [4.69, 9.17) is 33.2 Å². The number of hydrogen-bond acceptors (Lipinski definition) is 15. The van der Waals surface area contributed by atoms with E-state index < -0.39 is 28.8 Å². The molecule has 15 nitrogen and oxygen atoms in total. The molecule has 1 spiro atoms. The lowest BCUT2D eigenvalue weighted by Crippen LogP contribution is -2.57. The summed E-state index contributed by atoms with van der Waals surface area (Å²) in [6, 6.07) is 20.1. The molecule has 0 amide bonds. The monoisotopic (exact) mass is 1430 g/mol. The van der Waals surface area contributed by atoms with Crippen LogP contribution in [-0.4, -0.2) is 102 Å². The number of benzene rings is 5. The highest BCUT2D eigenvalue weighted by Crippen LogP contribution is 2.46. The molecule has 0 saturated carbocycles. The van der Waals surface area contributed by atoms with Gasteiger partial charge in [-0.05, 0) is 188 Å². The van der Waals surface area contributed by atoms with Crippen LogP contribution < -0.4 is 0 Å². The van der Waals surface area contributed by atoms with Gasteiger partial charge in [-0.15, -0.1) is 0 Å². The van der Waals surface area contributed by atoms with Crippen LogP contribution in [0.4, 0.5) is 0 Å². The summed E-state index contributed by atoms with van der Waals surface area (Å²) in [5.74, 6) is 1.20. The Hall–Kier alpha value is -6.65. The third-order valence-electron chi connectivity index (χ3n) is 19.6. The molecule has 5 aromatic rings. The molecule has 574 valence electrons. The van der Waals surface area contributed by atoms with Crippen molar-refractivity contribution in [2.75, 3.05) is 46.2 Å². The average Bonchev–Trinajstić information content (AvgIpc) is 0.783. The molecule has 0 atom stereocenters. The topological polar surface area (TPSA) is 217 Å². The van der Waals surface area contributed by atoms with Crippen molar-refractivity contribution in [2.24, 2.45) is 16.2 Å². The molecule has 2 saturated heterocycles. The minimum absolute atomic E-state index is 0.121. The molecule has 2 aliphatic heterocycles. The number of carbonyl (C=O) groups excluding carboxylic acids is 3. The van der Waals surface area contributed by atoms with Gasteiger partial charge in [0.1, 0.15) is 42.0 Å². The summed E-state index contributed by atoms with van der Waals surface area (Å²) in [6.45, 7) is 59.6. The molecule has 0 aromatic heterocycles. The maximum atomic E-state index is 12.7. The van der Waals surface area contributed by atoms with E-state index in [1.54, 1.807) is 0 Å². The molecular formula is C88H132O15. The standard InChI is InChI=1S/C43H64O10.C26H38O2.C19H30O3/c1-27-17-29(19-31(35(27)46)39(3,4)5)13-15-33(44)48-21-41(9,10)37-50-23-43(24-51-37)25-52-38(53-26-43)42(11,12)22-49-34(45)16-14-30-18-28(2)36(47)32(20-30)40(6,7)8;1-10-11-18(19-14-21(25(4,5)6)23(27)12-16(19)2)20-15-22(26(7,8)9)24(28)13-17(20)3;1-8-22-16(20)10-9-13-11-14(18(2,3)4)17(21)15(12-13)19(5,6)7/h17-20,37-38,46-47H,13-16,21-26H2,1-12H3;12-15,18,27-28H,10-11H2,1-9H3;11-12,21H,8-10H2,1-7H3. The van der Waals surface area contributed by atoms with E-state index in [0.29, 0.717) is 87.5 Å². The van der Waals surface area contributed by atoms with Gasteiger partial charge in [-0.1, -0.05) is 214 Å². The van der Waals surface area contributed by atoms with Crippen molar-refractivity contribution in [1.29, 1.82) is 0 Å². The van der Waals surface area contributed by atoms with Crippen molar-refractivity contribution in [2.45, 2.75) is 296 Å². The van der Waals surface area contributed by atoms with Gasteiger partial charge in [0.25, 0.3) is 0 Å².